The van der Waals surface area contributed by atoms with Crippen molar-refractivity contribution in [2.24, 2.45) is 0 Å². The first-order valence-electron chi connectivity index (χ1n) is 4.85. The van der Waals surface area contributed by atoms with Crippen LogP contribution in [0.2, 0.25) is 0 Å². The third kappa shape index (κ3) is 2.44. The lowest BCUT2D eigenvalue weighted by Gasteiger charge is -2.02. The van der Waals surface area contributed by atoms with Gasteiger partial charge in [0.15, 0.2) is 6.29 Å². The second-order valence-electron chi connectivity index (χ2n) is 3.42. The zero-order valence-electron chi connectivity index (χ0n) is 8.22. The van der Waals surface area contributed by atoms with E-state index in [-0.39, 0.29) is 12.4 Å². The average molecular weight is 190 g/mol. The molecule has 2 heteroatoms. The van der Waals surface area contributed by atoms with Crippen LogP contribution >= 0.6 is 0 Å². The van der Waals surface area contributed by atoms with Crippen LogP contribution in [0.15, 0.2) is 36.4 Å². The Morgan fingerprint density at radius 1 is 1.29 bits per heavy atom. The molecule has 0 amide bonds. The minimum atomic E-state index is -0.176. The summed E-state index contributed by atoms with van der Waals surface area (Å²) in [7, 11) is 0. The Balaban J connectivity index is 1.94. The van der Waals surface area contributed by atoms with E-state index in [9.17, 15) is 0 Å². The standard InChI is InChI=1S/C12H14O2/c1-10-9-13-12(14-10)8-7-11-5-3-2-4-6-11/h2-8,10,12H,9H2,1H3. The lowest BCUT2D eigenvalue weighted by molar-refractivity contribution is -0.0155. The van der Waals surface area contributed by atoms with Gasteiger partial charge in [-0.2, -0.15) is 0 Å². The molecule has 1 aliphatic heterocycles. The highest BCUT2D eigenvalue weighted by Crippen LogP contribution is 2.13. The fraction of sp³-hybridized carbons (Fsp3) is 0.333. The van der Waals surface area contributed by atoms with E-state index in [1.807, 2.05) is 37.3 Å². The van der Waals surface area contributed by atoms with Gasteiger partial charge in [0.2, 0.25) is 0 Å². The first-order chi connectivity index (χ1) is 6.84. The van der Waals surface area contributed by atoms with Gasteiger partial charge in [-0.25, -0.2) is 0 Å². The summed E-state index contributed by atoms with van der Waals surface area (Å²) in [6.45, 7) is 2.69. The van der Waals surface area contributed by atoms with Gasteiger partial charge in [-0.1, -0.05) is 36.4 Å². The maximum Gasteiger partial charge on any atom is 0.177 e. The molecule has 0 aromatic heterocycles. The monoisotopic (exact) mass is 190 g/mol. The van der Waals surface area contributed by atoms with Crippen LogP contribution in [0.25, 0.3) is 6.08 Å². The van der Waals surface area contributed by atoms with Gasteiger partial charge < -0.3 is 9.47 Å². The molecule has 1 saturated heterocycles. The van der Waals surface area contributed by atoms with Crippen LogP contribution in [0.5, 0.6) is 0 Å². The molecule has 0 saturated carbocycles. The molecular weight excluding hydrogens is 176 g/mol. The van der Waals surface area contributed by atoms with Crippen LogP contribution in [0.1, 0.15) is 12.5 Å². The topological polar surface area (TPSA) is 18.5 Å². The molecule has 1 heterocycles. The molecule has 0 bridgehead atoms. The van der Waals surface area contributed by atoms with Crippen molar-refractivity contribution in [2.45, 2.75) is 19.3 Å². The normalized spacial score (nSPS) is 27.2. The molecule has 2 rings (SSSR count). The lowest BCUT2D eigenvalue weighted by Crippen LogP contribution is -2.05. The lowest BCUT2D eigenvalue weighted by atomic mass is 10.2. The molecule has 74 valence electrons. The number of hydrogen-bond donors (Lipinski definition) is 0. The second kappa shape index (κ2) is 4.40. The van der Waals surface area contributed by atoms with Crippen molar-refractivity contribution in [2.75, 3.05) is 6.61 Å². The van der Waals surface area contributed by atoms with Crippen LogP contribution in [-0.4, -0.2) is 19.0 Å². The zero-order chi connectivity index (χ0) is 9.80. The third-order valence-electron chi connectivity index (χ3n) is 2.11. The Morgan fingerprint density at radius 2 is 2.07 bits per heavy atom. The third-order valence-corrected chi connectivity index (χ3v) is 2.11. The van der Waals surface area contributed by atoms with Gasteiger partial charge >= 0.3 is 0 Å². The Kier molecular flexibility index (Phi) is 2.96. The number of benzene rings is 1. The van der Waals surface area contributed by atoms with Gasteiger partial charge in [0.05, 0.1) is 12.7 Å². The van der Waals surface area contributed by atoms with Crippen LogP contribution in [0, 0.1) is 0 Å². The molecule has 0 radical (unpaired) electrons. The van der Waals surface area contributed by atoms with Crippen molar-refractivity contribution in [1.82, 2.24) is 0 Å². The van der Waals surface area contributed by atoms with Crippen LogP contribution in [0.4, 0.5) is 0 Å². The highest BCUT2D eigenvalue weighted by Gasteiger charge is 2.19. The van der Waals surface area contributed by atoms with E-state index in [1.54, 1.807) is 0 Å². The maximum atomic E-state index is 5.47. The van der Waals surface area contributed by atoms with Crippen LogP contribution < -0.4 is 0 Å². The molecule has 2 unspecified atom stereocenters. The number of ether oxygens (including phenoxy) is 2. The summed E-state index contributed by atoms with van der Waals surface area (Å²) in [5, 5.41) is 0. The van der Waals surface area contributed by atoms with Gasteiger partial charge in [0.1, 0.15) is 0 Å². The van der Waals surface area contributed by atoms with Crippen molar-refractivity contribution in [3.8, 4) is 0 Å². The van der Waals surface area contributed by atoms with Crippen molar-refractivity contribution < 1.29 is 9.47 Å². The van der Waals surface area contributed by atoms with Crippen LogP contribution in [0.3, 0.4) is 0 Å². The maximum absolute atomic E-state index is 5.47. The Hall–Kier alpha value is -1.12. The van der Waals surface area contributed by atoms with Gasteiger partial charge in [-0.05, 0) is 18.6 Å². The van der Waals surface area contributed by atoms with Gasteiger partial charge in [-0.3, -0.25) is 0 Å². The molecule has 1 aromatic rings. The van der Waals surface area contributed by atoms with Crippen molar-refractivity contribution in [1.29, 1.82) is 0 Å². The molecule has 0 aliphatic carbocycles. The number of hydrogen-bond acceptors (Lipinski definition) is 2. The predicted molar refractivity (Wildman–Crippen MR) is 55.8 cm³/mol. The highest BCUT2D eigenvalue weighted by atomic mass is 16.7. The van der Waals surface area contributed by atoms with E-state index in [4.69, 9.17) is 9.47 Å². The summed E-state index contributed by atoms with van der Waals surface area (Å²) in [5.74, 6) is 0. The van der Waals surface area contributed by atoms with E-state index >= 15 is 0 Å². The van der Waals surface area contributed by atoms with E-state index in [1.165, 1.54) is 5.56 Å². The first-order valence-corrected chi connectivity index (χ1v) is 4.85. The molecule has 14 heavy (non-hydrogen) atoms. The largest absolute Gasteiger partial charge is 0.346 e. The summed E-state index contributed by atoms with van der Waals surface area (Å²) in [4.78, 5) is 0. The summed E-state index contributed by atoms with van der Waals surface area (Å²) in [6, 6.07) is 10.1. The Labute approximate surface area is 84.2 Å². The fourth-order valence-corrected chi connectivity index (χ4v) is 1.39. The summed E-state index contributed by atoms with van der Waals surface area (Å²) < 4.78 is 10.9. The minimum Gasteiger partial charge on any atom is -0.346 e. The Bertz CT molecular complexity index is 305. The summed E-state index contributed by atoms with van der Waals surface area (Å²) >= 11 is 0. The molecule has 2 atom stereocenters. The smallest absolute Gasteiger partial charge is 0.177 e. The highest BCUT2D eigenvalue weighted by molar-refractivity contribution is 5.48. The second-order valence-corrected chi connectivity index (χ2v) is 3.42. The van der Waals surface area contributed by atoms with E-state index in [0.29, 0.717) is 6.61 Å². The van der Waals surface area contributed by atoms with Crippen molar-refractivity contribution >= 4 is 6.08 Å². The van der Waals surface area contributed by atoms with Crippen molar-refractivity contribution in [3.63, 3.8) is 0 Å². The molecule has 1 aliphatic rings. The quantitative estimate of drug-likeness (QED) is 0.713. The SMILES string of the molecule is CC1COC(C=Cc2ccccc2)O1. The van der Waals surface area contributed by atoms with E-state index in [2.05, 4.69) is 12.1 Å². The Morgan fingerprint density at radius 3 is 2.71 bits per heavy atom. The summed E-state index contributed by atoms with van der Waals surface area (Å²) in [6.07, 6.45) is 3.99. The fourth-order valence-electron chi connectivity index (χ4n) is 1.39. The average Bonchev–Trinajstić information content (AvgIpc) is 2.63. The van der Waals surface area contributed by atoms with Crippen molar-refractivity contribution in [3.05, 3.63) is 42.0 Å². The minimum absolute atomic E-state index is 0.176. The first kappa shape index (κ1) is 9.44. The molecule has 0 N–H and O–H groups in total. The molecule has 1 aromatic carbocycles. The molecular formula is C12H14O2. The molecule has 0 spiro atoms. The number of rotatable bonds is 2. The molecule has 1 fully saturated rings. The summed E-state index contributed by atoms with van der Waals surface area (Å²) in [5.41, 5.74) is 1.17. The van der Waals surface area contributed by atoms with Gasteiger partial charge in [0.25, 0.3) is 0 Å². The van der Waals surface area contributed by atoms with Crippen LogP contribution in [-0.2, 0) is 9.47 Å². The zero-order valence-corrected chi connectivity index (χ0v) is 8.22. The molecule has 2 nitrogen and oxygen atoms in total. The van der Waals surface area contributed by atoms with Gasteiger partial charge in [-0.15, -0.1) is 0 Å². The van der Waals surface area contributed by atoms with E-state index in [0.717, 1.165) is 0 Å². The van der Waals surface area contributed by atoms with Gasteiger partial charge in [0, 0.05) is 0 Å². The predicted octanol–water partition coefficient (Wildman–Crippen LogP) is 2.46. The van der Waals surface area contributed by atoms with E-state index < -0.39 is 0 Å².